The van der Waals surface area contributed by atoms with Gasteiger partial charge in [0.25, 0.3) is 0 Å². The first-order valence-corrected chi connectivity index (χ1v) is 10.3. The van der Waals surface area contributed by atoms with Crippen molar-refractivity contribution in [3.8, 4) is 5.75 Å². The molecule has 0 saturated heterocycles. The summed E-state index contributed by atoms with van der Waals surface area (Å²) in [5.41, 5.74) is 1.95. The summed E-state index contributed by atoms with van der Waals surface area (Å²) >= 11 is 0. The Kier molecular flexibility index (Phi) is 9.86. The highest BCUT2D eigenvalue weighted by Gasteiger charge is 2.08. The zero-order valence-corrected chi connectivity index (χ0v) is 17.7. The molecule has 29 heavy (non-hydrogen) atoms. The summed E-state index contributed by atoms with van der Waals surface area (Å²) in [7, 11) is 0. The Labute approximate surface area is 174 Å². The number of guanidine groups is 1. The molecular formula is C23H34N4O2. The van der Waals surface area contributed by atoms with Crippen molar-refractivity contribution in [3.63, 3.8) is 0 Å². The van der Waals surface area contributed by atoms with Gasteiger partial charge >= 0.3 is 0 Å². The van der Waals surface area contributed by atoms with Crippen molar-refractivity contribution in [2.45, 2.75) is 39.4 Å². The Morgan fingerprint density at radius 1 is 1.00 bits per heavy atom. The van der Waals surface area contributed by atoms with Crippen LogP contribution in [-0.4, -0.2) is 43.3 Å². The number of nitrogens with zero attached hydrogens (tertiary/aromatic N) is 1. The number of hydrogen-bond donors (Lipinski definition) is 4. The maximum absolute atomic E-state index is 10.4. The summed E-state index contributed by atoms with van der Waals surface area (Å²) in [5, 5.41) is 20.3. The Balaban J connectivity index is 1.76. The fourth-order valence-electron chi connectivity index (χ4n) is 2.75. The van der Waals surface area contributed by atoms with Crippen molar-refractivity contribution < 1.29 is 9.84 Å². The Morgan fingerprint density at radius 2 is 1.72 bits per heavy atom. The van der Waals surface area contributed by atoms with E-state index in [2.05, 4.69) is 33.1 Å². The van der Waals surface area contributed by atoms with Gasteiger partial charge in [-0.25, -0.2) is 0 Å². The molecule has 0 heterocycles. The summed E-state index contributed by atoms with van der Waals surface area (Å²) in [4.78, 5) is 4.51. The number of benzene rings is 2. The van der Waals surface area contributed by atoms with Gasteiger partial charge in [-0.15, -0.1) is 0 Å². The van der Waals surface area contributed by atoms with Crippen molar-refractivity contribution >= 4 is 11.6 Å². The predicted molar refractivity (Wildman–Crippen MR) is 121 cm³/mol. The van der Waals surface area contributed by atoms with E-state index in [1.165, 1.54) is 0 Å². The van der Waals surface area contributed by atoms with E-state index in [9.17, 15) is 5.11 Å². The van der Waals surface area contributed by atoms with Crippen LogP contribution < -0.4 is 20.7 Å². The molecule has 4 N–H and O–H groups in total. The number of anilines is 1. The van der Waals surface area contributed by atoms with Crippen LogP contribution in [0.25, 0.3) is 0 Å². The lowest BCUT2D eigenvalue weighted by Crippen LogP contribution is -2.38. The second-order valence-electron chi connectivity index (χ2n) is 7.04. The van der Waals surface area contributed by atoms with Crippen LogP contribution in [0.2, 0.25) is 0 Å². The minimum atomic E-state index is -0.654. The average Bonchev–Trinajstić information content (AvgIpc) is 2.72. The van der Waals surface area contributed by atoms with E-state index >= 15 is 0 Å². The third-order valence-electron chi connectivity index (χ3n) is 4.15. The van der Waals surface area contributed by atoms with Gasteiger partial charge in [0.1, 0.15) is 5.75 Å². The third-order valence-corrected chi connectivity index (χ3v) is 4.15. The van der Waals surface area contributed by atoms with Crippen molar-refractivity contribution in [2.24, 2.45) is 4.99 Å². The van der Waals surface area contributed by atoms with E-state index in [1.807, 2.05) is 63.2 Å². The van der Waals surface area contributed by atoms with Crippen LogP contribution in [0, 0.1) is 0 Å². The molecule has 0 aliphatic carbocycles. The van der Waals surface area contributed by atoms with E-state index in [-0.39, 0.29) is 6.10 Å². The molecule has 0 fully saturated rings. The molecular weight excluding hydrogens is 364 g/mol. The SMILES string of the molecule is CCNC(=NCC(O)c1ccc(OC(C)C)cc1)NCCCNc1ccccc1. The zero-order chi connectivity index (χ0) is 20.9. The van der Waals surface area contributed by atoms with Gasteiger partial charge in [-0.05, 0) is 57.0 Å². The molecule has 158 valence electrons. The van der Waals surface area contributed by atoms with E-state index in [1.54, 1.807) is 0 Å². The van der Waals surface area contributed by atoms with Crippen LogP contribution in [0.5, 0.6) is 5.75 Å². The Bertz CT molecular complexity index is 717. The van der Waals surface area contributed by atoms with Crippen LogP contribution in [0.4, 0.5) is 5.69 Å². The first kappa shape index (κ1) is 22.6. The summed E-state index contributed by atoms with van der Waals surface area (Å²) in [6, 6.07) is 17.7. The molecule has 0 amide bonds. The van der Waals surface area contributed by atoms with Gasteiger partial charge in [0.05, 0.1) is 18.8 Å². The number of ether oxygens (including phenoxy) is 1. The van der Waals surface area contributed by atoms with Crippen molar-refractivity contribution in [1.82, 2.24) is 10.6 Å². The molecule has 0 bridgehead atoms. The van der Waals surface area contributed by atoms with Crippen LogP contribution in [0.1, 0.15) is 38.9 Å². The number of aliphatic imine (C=N–C) groups is 1. The van der Waals surface area contributed by atoms with Crippen molar-refractivity contribution in [3.05, 3.63) is 60.2 Å². The average molecular weight is 399 g/mol. The fourth-order valence-corrected chi connectivity index (χ4v) is 2.75. The molecule has 0 radical (unpaired) electrons. The third kappa shape index (κ3) is 8.87. The van der Waals surface area contributed by atoms with Crippen molar-refractivity contribution in [2.75, 3.05) is 31.5 Å². The van der Waals surface area contributed by atoms with E-state index in [0.717, 1.165) is 43.1 Å². The Hall–Kier alpha value is -2.73. The van der Waals surface area contributed by atoms with Gasteiger partial charge in [-0.3, -0.25) is 4.99 Å². The fraction of sp³-hybridized carbons (Fsp3) is 0.435. The second-order valence-corrected chi connectivity index (χ2v) is 7.04. The molecule has 2 aromatic rings. The second kappa shape index (κ2) is 12.7. The van der Waals surface area contributed by atoms with E-state index in [4.69, 9.17) is 4.74 Å². The number of rotatable bonds is 11. The number of para-hydroxylation sites is 1. The summed E-state index contributed by atoms with van der Waals surface area (Å²) in [6.45, 7) is 8.74. The standard InChI is InChI=1S/C23H34N4O2/c1-4-24-23(26-16-8-15-25-20-9-6-5-7-10-20)27-17-22(28)19-11-13-21(14-12-19)29-18(2)3/h5-7,9-14,18,22,25,28H,4,8,15-17H2,1-3H3,(H2,24,26,27). The van der Waals surface area contributed by atoms with Gasteiger partial charge in [0.15, 0.2) is 5.96 Å². The molecule has 0 saturated carbocycles. The van der Waals surface area contributed by atoms with Gasteiger partial charge in [-0.1, -0.05) is 30.3 Å². The van der Waals surface area contributed by atoms with Crippen LogP contribution >= 0.6 is 0 Å². The van der Waals surface area contributed by atoms with Gasteiger partial charge in [-0.2, -0.15) is 0 Å². The maximum atomic E-state index is 10.4. The minimum Gasteiger partial charge on any atom is -0.491 e. The van der Waals surface area contributed by atoms with E-state index < -0.39 is 6.10 Å². The number of aliphatic hydroxyl groups is 1. The molecule has 2 aromatic carbocycles. The summed E-state index contributed by atoms with van der Waals surface area (Å²) in [6.07, 6.45) is 0.435. The molecule has 6 nitrogen and oxygen atoms in total. The van der Waals surface area contributed by atoms with E-state index in [0.29, 0.717) is 12.5 Å². The number of nitrogens with one attached hydrogen (secondary N) is 3. The molecule has 0 aromatic heterocycles. The smallest absolute Gasteiger partial charge is 0.191 e. The lowest BCUT2D eigenvalue weighted by molar-refractivity contribution is 0.186. The lowest BCUT2D eigenvalue weighted by Gasteiger charge is -2.14. The monoisotopic (exact) mass is 398 g/mol. The summed E-state index contributed by atoms with van der Waals surface area (Å²) in [5.74, 6) is 1.52. The lowest BCUT2D eigenvalue weighted by atomic mass is 10.1. The van der Waals surface area contributed by atoms with Crippen molar-refractivity contribution in [1.29, 1.82) is 0 Å². The van der Waals surface area contributed by atoms with Gasteiger partial charge in [0.2, 0.25) is 0 Å². The molecule has 0 spiro atoms. The highest BCUT2D eigenvalue weighted by atomic mass is 16.5. The minimum absolute atomic E-state index is 0.131. The topological polar surface area (TPSA) is 77.9 Å². The maximum Gasteiger partial charge on any atom is 0.191 e. The number of aliphatic hydroxyl groups excluding tert-OH is 1. The van der Waals surface area contributed by atoms with Crippen LogP contribution in [0.3, 0.4) is 0 Å². The van der Waals surface area contributed by atoms with Gasteiger partial charge < -0.3 is 25.8 Å². The first-order chi connectivity index (χ1) is 14.1. The quantitative estimate of drug-likeness (QED) is 0.264. The predicted octanol–water partition coefficient (Wildman–Crippen LogP) is 3.56. The van der Waals surface area contributed by atoms with Gasteiger partial charge in [0, 0.05) is 25.3 Å². The number of hydrogen-bond acceptors (Lipinski definition) is 4. The molecule has 1 atom stereocenters. The molecule has 6 heteroatoms. The normalized spacial score (nSPS) is 12.5. The molecule has 1 unspecified atom stereocenters. The van der Waals surface area contributed by atoms with Crippen LogP contribution in [0.15, 0.2) is 59.6 Å². The largest absolute Gasteiger partial charge is 0.491 e. The Morgan fingerprint density at radius 3 is 2.38 bits per heavy atom. The summed E-state index contributed by atoms with van der Waals surface area (Å²) < 4.78 is 5.64. The highest BCUT2D eigenvalue weighted by Crippen LogP contribution is 2.19. The zero-order valence-electron chi connectivity index (χ0n) is 17.7. The molecule has 0 aliphatic rings. The first-order valence-electron chi connectivity index (χ1n) is 10.3. The van der Waals surface area contributed by atoms with Crippen LogP contribution in [-0.2, 0) is 0 Å². The molecule has 2 rings (SSSR count). The highest BCUT2D eigenvalue weighted by molar-refractivity contribution is 5.79. The molecule has 0 aliphatic heterocycles.